The number of hydrogen-bond acceptors (Lipinski definition) is 7. The topological polar surface area (TPSA) is 90.2 Å². The number of carbonyl (C=O) groups is 2. The molecule has 4 aromatic carbocycles. The summed E-state index contributed by atoms with van der Waals surface area (Å²) in [4.78, 5) is 49.9. The van der Waals surface area contributed by atoms with Crippen molar-refractivity contribution >= 4 is 40.2 Å². The number of carbonyl (C=O) groups excluding carboxylic acids is 2. The van der Waals surface area contributed by atoms with Gasteiger partial charge in [-0.15, -0.1) is 0 Å². The van der Waals surface area contributed by atoms with Crippen LogP contribution in [0.4, 0.5) is 5.69 Å². The van der Waals surface area contributed by atoms with Gasteiger partial charge in [0.15, 0.2) is 4.80 Å². The van der Waals surface area contributed by atoms with Crippen LogP contribution in [0.15, 0.2) is 125 Å². The van der Waals surface area contributed by atoms with Crippen molar-refractivity contribution in [1.82, 2.24) is 4.57 Å². The molecule has 1 aromatic heterocycles. The van der Waals surface area contributed by atoms with E-state index >= 15 is 0 Å². The summed E-state index contributed by atoms with van der Waals surface area (Å²) < 4.78 is 13.3. The van der Waals surface area contributed by atoms with Crippen molar-refractivity contribution in [2.24, 2.45) is 4.99 Å². The number of amides is 1. The first-order valence-corrected chi connectivity index (χ1v) is 16.7. The Bertz CT molecular complexity index is 2240. The number of ether oxygens (including phenoxy) is 2. The van der Waals surface area contributed by atoms with Crippen LogP contribution in [-0.2, 0) is 20.9 Å². The number of thiazole rings is 1. The molecule has 3 heterocycles. The molecule has 2 aliphatic rings. The molecule has 0 N–H and O–H groups in total. The quantitative estimate of drug-likeness (QED) is 0.202. The first kappa shape index (κ1) is 31.1. The van der Waals surface area contributed by atoms with Crippen LogP contribution < -0.4 is 24.5 Å². The molecule has 0 radical (unpaired) electrons. The second-order valence-corrected chi connectivity index (χ2v) is 12.7. The van der Waals surface area contributed by atoms with Crippen molar-refractivity contribution in [1.29, 1.82) is 0 Å². The Morgan fingerprint density at radius 2 is 1.54 bits per heavy atom. The predicted octanol–water partition coefficient (Wildman–Crippen LogP) is 5.64. The lowest BCUT2D eigenvalue weighted by Gasteiger charge is -2.26. The summed E-state index contributed by atoms with van der Waals surface area (Å²) in [7, 11) is 0. The van der Waals surface area contributed by atoms with Gasteiger partial charge in [0, 0.05) is 11.1 Å². The fourth-order valence-corrected chi connectivity index (χ4v) is 7.32. The molecule has 0 saturated heterocycles. The van der Waals surface area contributed by atoms with Gasteiger partial charge in [-0.2, -0.15) is 0 Å². The Hall–Kier alpha value is -5.54. The maximum atomic E-state index is 14.7. The van der Waals surface area contributed by atoms with Gasteiger partial charge in [-0.3, -0.25) is 14.2 Å². The van der Waals surface area contributed by atoms with E-state index in [1.807, 2.05) is 123 Å². The number of anilines is 1. The average molecular weight is 656 g/mol. The minimum absolute atomic E-state index is 0.0250. The Morgan fingerprint density at radius 3 is 2.23 bits per heavy atom. The number of aromatic nitrogens is 1. The normalized spacial score (nSPS) is 16.5. The smallest absolute Gasteiger partial charge is 0.338 e. The zero-order valence-corrected chi connectivity index (χ0v) is 27.6. The number of para-hydroxylation sites is 1. The lowest BCUT2D eigenvalue weighted by molar-refractivity contribution is -0.138. The van der Waals surface area contributed by atoms with Crippen LogP contribution in [0.5, 0.6) is 5.75 Å². The molecule has 240 valence electrons. The highest BCUT2D eigenvalue weighted by molar-refractivity contribution is 7.07. The number of benzene rings is 4. The Labute approximate surface area is 281 Å². The Balaban J connectivity index is 1.48. The fraction of sp³-hybridized carbons (Fsp3) is 0.179. The van der Waals surface area contributed by atoms with Crippen LogP contribution in [0.1, 0.15) is 49.1 Å². The van der Waals surface area contributed by atoms with E-state index < -0.39 is 17.6 Å². The van der Waals surface area contributed by atoms with Gasteiger partial charge in [-0.1, -0.05) is 102 Å². The third kappa shape index (κ3) is 5.56. The van der Waals surface area contributed by atoms with Crippen molar-refractivity contribution < 1.29 is 19.1 Å². The van der Waals surface area contributed by atoms with E-state index in [0.717, 1.165) is 22.6 Å². The highest BCUT2D eigenvalue weighted by Crippen LogP contribution is 2.38. The molecule has 2 aliphatic heterocycles. The van der Waals surface area contributed by atoms with Crippen LogP contribution in [0.2, 0.25) is 0 Å². The molecule has 0 bridgehead atoms. The molecule has 0 aliphatic carbocycles. The van der Waals surface area contributed by atoms with Crippen molar-refractivity contribution in [2.75, 3.05) is 11.5 Å². The van der Waals surface area contributed by atoms with Crippen LogP contribution >= 0.6 is 11.3 Å². The number of nitrogens with zero attached hydrogens (tertiary/aromatic N) is 3. The van der Waals surface area contributed by atoms with Gasteiger partial charge in [0.05, 0.1) is 47.8 Å². The molecule has 0 spiro atoms. The summed E-state index contributed by atoms with van der Waals surface area (Å²) in [6, 6.07) is 33.2. The molecule has 48 heavy (non-hydrogen) atoms. The van der Waals surface area contributed by atoms with Crippen molar-refractivity contribution in [2.45, 2.75) is 39.5 Å². The van der Waals surface area contributed by atoms with E-state index in [9.17, 15) is 14.4 Å². The van der Waals surface area contributed by atoms with Gasteiger partial charge in [0.2, 0.25) is 0 Å². The standard InChI is InChI=1S/C39H33N3O5S/c1-4-46-38(45)32-33(26-15-9-6-10-16-26)40-39-42(34(32)27-19-21-28(22-20-27)47-24(2)3)37(44)35(48-39)31-29-17-11-12-18-30(29)41(36(31)43)23-25-13-7-5-8-14-25/h5-22,24,34H,4,23H2,1-3H3/b35-31+/t34-/m0/s1. The number of esters is 1. The molecule has 1 amide bonds. The van der Waals surface area contributed by atoms with Gasteiger partial charge >= 0.3 is 5.97 Å². The zero-order chi connectivity index (χ0) is 33.4. The minimum Gasteiger partial charge on any atom is -0.491 e. The van der Waals surface area contributed by atoms with Crippen LogP contribution in [0.3, 0.4) is 0 Å². The average Bonchev–Trinajstić information content (AvgIpc) is 3.57. The third-order valence-corrected chi connectivity index (χ3v) is 9.30. The van der Waals surface area contributed by atoms with E-state index in [1.54, 1.807) is 11.8 Å². The van der Waals surface area contributed by atoms with E-state index in [0.29, 0.717) is 45.1 Å². The maximum Gasteiger partial charge on any atom is 0.338 e. The second kappa shape index (κ2) is 12.9. The van der Waals surface area contributed by atoms with Gasteiger partial charge in [0.25, 0.3) is 11.5 Å². The maximum absolute atomic E-state index is 14.7. The van der Waals surface area contributed by atoms with E-state index in [-0.39, 0.29) is 28.7 Å². The summed E-state index contributed by atoms with van der Waals surface area (Å²) in [5.74, 6) is -0.160. The highest BCUT2D eigenvalue weighted by Gasteiger charge is 2.38. The zero-order valence-electron chi connectivity index (χ0n) is 26.8. The number of hydrogen-bond donors (Lipinski definition) is 0. The number of rotatable bonds is 8. The molecule has 5 aromatic rings. The molecule has 7 rings (SSSR count). The van der Waals surface area contributed by atoms with Gasteiger partial charge in [-0.25, -0.2) is 9.79 Å². The van der Waals surface area contributed by atoms with Crippen LogP contribution in [0.25, 0.3) is 11.3 Å². The fourth-order valence-electron chi connectivity index (χ4n) is 6.23. The molecule has 8 nitrogen and oxygen atoms in total. The van der Waals surface area contributed by atoms with E-state index in [4.69, 9.17) is 14.5 Å². The SMILES string of the molecule is CCOC(=O)C1=C(c2ccccc2)N=c2s/c(=C3/C(=O)N(Cc4ccccc4)c4ccccc43)c(=O)n2[C@H]1c1ccc(OC(C)C)cc1. The van der Waals surface area contributed by atoms with Crippen molar-refractivity contribution in [3.05, 3.63) is 157 Å². The molecule has 0 unspecified atom stereocenters. The molecule has 0 saturated carbocycles. The lowest BCUT2D eigenvalue weighted by atomic mass is 9.93. The van der Waals surface area contributed by atoms with Crippen molar-refractivity contribution in [3.63, 3.8) is 0 Å². The minimum atomic E-state index is -0.870. The predicted molar refractivity (Wildman–Crippen MR) is 186 cm³/mol. The van der Waals surface area contributed by atoms with Crippen LogP contribution in [0, 0.1) is 0 Å². The highest BCUT2D eigenvalue weighted by atomic mass is 32.1. The summed E-state index contributed by atoms with van der Waals surface area (Å²) in [5, 5.41) is 0. The summed E-state index contributed by atoms with van der Waals surface area (Å²) in [6.45, 7) is 6.15. The van der Waals surface area contributed by atoms with Gasteiger partial charge in [0.1, 0.15) is 10.3 Å². The summed E-state index contributed by atoms with van der Waals surface area (Å²) >= 11 is 1.16. The van der Waals surface area contributed by atoms with E-state index in [2.05, 4.69) is 0 Å². The lowest BCUT2D eigenvalue weighted by Crippen LogP contribution is -2.41. The second-order valence-electron chi connectivity index (χ2n) is 11.8. The Kier molecular flexibility index (Phi) is 8.37. The molecule has 0 fully saturated rings. The largest absolute Gasteiger partial charge is 0.491 e. The summed E-state index contributed by atoms with van der Waals surface area (Å²) in [6.07, 6.45) is -0.0250. The van der Waals surface area contributed by atoms with E-state index in [1.165, 1.54) is 4.57 Å². The third-order valence-electron chi connectivity index (χ3n) is 8.25. The van der Waals surface area contributed by atoms with Crippen molar-refractivity contribution in [3.8, 4) is 5.75 Å². The first-order valence-electron chi connectivity index (χ1n) is 15.9. The molecule has 9 heteroatoms. The Morgan fingerprint density at radius 1 is 0.875 bits per heavy atom. The van der Waals surface area contributed by atoms with Gasteiger partial charge < -0.3 is 14.4 Å². The first-order chi connectivity index (χ1) is 23.4. The monoisotopic (exact) mass is 655 g/mol. The van der Waals surface area contributed by atoms with Gasteiger partial charge in [-0.05, 0) is 50.1 Å². The number of fused-ring (bicyclic) bond motifs is 2. The molecular weight excluding hydrogens is 623 g/mol. The molecular formula is C39H33N3O5S. The summed E-state index contributed by atoms with van der Waals surface area (Å²) in [5.41, 5.74) is 4.37. The molecule has 1 atom stereocenters. The van der Waals surface area contributed by atoms with Crippen LogP contribution in [-0.4, -0.2) is 29.2 Å².